The number of carbonyl (C=O) groups is 2. The van der Waals surface area contributed by atoms with Crippen LogP contribution in [0.5, 0.6) is 5.75 Å². The Bertz CT molecular complexity index is 1100. The van der Waals surface area contributed by atoms with Crippen LogP contribution in [0.1, 0.15) is 65.3 Å². The van der Waals surface area contributed by atoms with E-state index in [4.69, 9.17) is 20.8 Å². The van der Waals surface area contributed by atoms with Crippen molar-refractivity contribution in [2.45, 2.75) is 40.0 Å². The number of fused-ring (bicyclic) bond motifs is 1. The number of aromatic hydroxyl groups is 1. The van der Waals surface area contributed by atoms with Gasteiger partial charge in [0, 0.05) is 21.7 Å². The van der Waals surface area contributed by atoms with E-state index >= 15 is 0 Å². The molecule has 29 heavy (non-hydrogen) atoms. The number of hydrogen-bond acceptors (Lipinski definition) is 5. The molecule has 0 unspecified atom stereocenters. The summed E-state index contributed by atoms with van der Waals surface area (Å²) in [4.78, 5) is 25.6. The lowest BCUT2D eigenvalue weighted by molar-refractivity contribution is 0.0491. The molecule has 6 heteroatoms. The van der Waals surface area contributed by atoms with Gasteiger partial charge in [-0.15, -0.1) is 0 Å². The van der Waals surface area contributed by atoms with E-state index in [1.54, 1.807) is 44.2 Å². The van der Waals surface area contributed by atoms with E-state index < -0.39 is 11.4 Å². The second-order valence-corrected chi connectivity index (χ2v) is 8.32. The number of rotatable bonds is 4. The zero-order valence-corrected chi connectivity index (χ0v) is 17.8. The molecule has 0 radical (unpaired) electrons. The van der Waals surface area contributed by atoms with E-state index in [0.29, 0.717) is 27.1 Å². The minimum atomic E-state index is -0.636. The van der Waals surface area contributed by atoms with Gasteiger partial charge in [0.2, 0.25) is 5.76 Å². The Hall–Kier alpha value is -2.79. The summed E-state index contributed by atoms with van der Waals surface area (Å²) in [5.74, 6) is -0.950. The maximum atomic E-state index is 13.3. The van der Waals surface area contributed by atoms with Crippen molar-refractivity contribution in [3.05, 3.63) is 63.4 Å². The first-order valence-electron chi connectivity index (χ1n) is 9.33. The van der Waals surface area contributed by atoms with Crippen LogP contribution in [-0.4, -0.2) is 23.5 Å². The molecule has 0 bridgehead atoms. The maximum Gasteiger partial charge on any atom is 0.374 e. The Balaban J connectivity index is 2.34. The Kier molecular flexibility index (Phi) is 5.46. The second-order valence-electron chi connectivity index (χ2n) is 7.89. The molecule has 0 aliphatic rings. The van der Waals surface area contributed by atoms with Crippen LogP contribution in [0.4, 0.5) is 0 Å². The van der Waals surface area contributed by atoms with Crippen LogP contribution >= 0.6 is 11.6 Å². The summed E-state index contributed by atoms with van der Waals surface area (Å²) in [5, 5.41) is 11.8. The van der Waals surface area contributed by atoms with Crippen molar-refractivity contribution in [1.82, 2.24) is 0 Å². The molecule has 0 aliphatic heterocycles. The first kappa shape index (κ1) is 20.9. The van der Waals surface area contributed by atoms with E-state index in [9.17, 15) is 14.7 Å². The van der Waals surface area contributed by atoms with Crippen molar-refractivity contribution >= 4 is 34.3 Å². The van der Waals surface area contributed by atoms with Crippen molar-refractivity contribution in [3.8, 4) is 5.75 Å². The molecule has 0 atom stereocenters. The number of phenols is 1. The fraction of sp³-hybridized carbons (Fsp3) is 0.304. The van der Waals surface area contributed by atoms with Gasteiger partial charge in [-0.1, -0.05) is 32.4 Å². The summed E-state index contributed by atoms with van der Waals surface area (Å²) in [6.07, 6.45) is 0. The summed E-state index contributed by atoms with van der Waals surface area (Å²) < 4.78 is 10.8. The number of esters is 1. The number of furan rings is 1. The Morgan fingerprint density at radius 3 is 2.34 bits per heavy atom. The quantitative estimate of drug-likeness (QED) is 0.431. The molecule has 1 aromatic heterocycles. The highest BCUT2D eigenvalue weighted by Crippen LogP contribution is 2.42. The van der Waals surface area contributed by atoms with Crippen molar-refractivity contribution in [2.24, 2.45) is 0 Å². The molecule has 1 N–H and O–H groups in total. The summed E-state index contributed by atoms with van der Waals surface area (Å²) in [5.41, 5.74) is 1.43. The van der Waals surface area contributed by atoms with Crippen LogP contribution in [0.3, 0.4) is 0 Å². The highest BCUT2D eigenvalue weighted by molar-refractivity contribution is 6.30. The second kappa shape index (κ2) is 7.56. The Morgan fingerprint density at radius 1 is 1.17 bits per heavy atom. The predicted octanol–water partition coefficient (Wildman–Crippen LogP) is 5.81. The molecule has 0 saturated carbocycles. The first-order chi connectivity index (χ1) is 13.6. The number of hydrogen-bond donors (Lipinski definition) is 1. The zero-order chi connectivity index (χ0) is 21.5. The number of ether oxygens (including phenoxy) is 1. The van der Waals surface area contributed by atoms with Gasteiger partial charge in [0.25, 0.3) is 0 Å². The van der Waals surface area contributed by atoms with Crippen molar-refractivity contribution in [2.75, 3.05) is 6.61 Å². The first-order valence-corrected chi connectivity index (χ1v) is 9.71. The maximum absolute atomic E-state index is 13.3. The summed E-state index contributed by atoms with van der Waals surface area (Å²) in [7, 11) is 0. The van der Waals surface area contributed by atoms with E-state index in [1.807, 2.05) is 20.8 Å². The van der Waals surface area contributed by atoms with Crippen molar-refractivity contribution < 1.29 is 23.8 Å². The van der Waals surface area contributed by atoms with Gasteiger partial charge in [0.15, 0.2) is 5.78 Å². The highest BCUT2D eigenvalue weighted by atomic mass is 35.5. The molecular formula is C23H23ClO5. The molecule has 0 aliphatic carbocycles. The predicted molar refractivity (Wildman–Crippen MR) is 112 cm³/mol. The van der Waals surface area contributed by atoms with Gasteiger partial charge < -0.3 is 14.3 Å². The molecule has 152 valence electrons. The van der Waals surface area contributed by atoms with Crippen LogP contribution in [-0.2, 0) is 10.2 Å². The molecule has 0 saturated heterocycles. The fourth-order valence-electron chi connectivity index (χ4n) is 3.29. The smallest absolute Gasteiger partial charge is 0.374 e. The molecular weight excluding hydrogens is 392 g/mol. The number of phenolic OH excluding ortho intramolecular Hbond substituents is 1. The summed E-state index contributed by atoms with van der Waals surface area (Å²) in [6, 6.07) is 8.15. The molecule has 0 spiro atoms. The highest BCUT2D eigenvalue weighted by Gasteiger charge is 2.30. The third kappa shape index (κ3) is 3.75. The van der Waals surface area contributed by atoms with Crippen LogP contribution in [0.2, 0.25) is 5.02 Å². The van der Waals surface area contributed by atoms with Crippen molar-refractivity contribution in [3.63, 3.8) is 0 Å². The lowest BCUT2D eigenvalue weighted by Gasteiger charge is -2.22. The van der Waals surface area contributed by atoms with Gasteiger partial charge in [-0.2, -0.15) is 0 Å². The Labute approximate surface area is 174 Å². The number of aryl methyl sites for hydroxylation is 1. The molecule has 2 aromatic carbocycles. The van der Waals surface area contributed by atoms with E-state index in [1.165, 1.54) is 0 Å². The fourth-order valence-corrected chi connectivity index (χ4v) is 3.42. The largest absolute Gasteiger partial charge is 0.507 e. The van der Waals surface area contributed by atoms with E-state index in [0.717, 1.165) is 0 Å². The molecule has 5 nitrogen and oxygen atoms in total. The van der Waals surface area contributed by atoms with Gasteiger partial charge in [-0.25, -0.2) is 4.79 Å². The minimum Gasteiger partial charge on any atom is -0.507 e. The minimum absolute atomic E-state index is 0.00282. The van der Waals surface area contributed by atoms with E-state index in [2.05, 4.69) is 0 Å². The van der Waals surface area contributed by atoms with E-state index in [-0.39, 0.29) is 35.0 Å². The SMILES string of the molecule is CCOC(=O)c1oc2c(C(=O)c3ccc(Cl)cc3)cc(C(C)(C)C)c(O)c2c1C. The standard InChI is InChI=1S/C23H23ClO5/c1-6-28-22(27)20-12(2)17-19(26)16(23(3,4)5)11-15(21(17)29-20)18(25)13-7-9-14(24)10-8-13/h7-11,26H,6H2,1-5H3. The zero-order valence-electron chi connectivity index (χ0n) is 17.1. The van der Waals surface area contributed by atoms with Gasteiger partial charge >= 0.3 is 5.97 Å². The number of carbonyl (C=O) groups excluding carboxylic acids is 2. The lowest BCUT2D eigenvalue weighted by Crippen LogP contribution is -2.13. The third-order valence-electron chi connectivity index (χ3n) is 4.79. The summed E-state index contributed by atoms with van der Waals surface area (Å²) in [6.45, 7) is 9.36. The molecule has 0 fully saturated rings. The van der Waals surface area contributed by atoms with Crippen LogP contribution in [0.15, 0.2) is 34.7 Å². The monoisotopic (exact) mass is 414 g/mol. The Morgan fingerprint density at radius 2 is 1.79 bits per heavy atom. The van der Waals surface area contributed by atoms with Gasteiger partial charge in [0.05, 0.1) is 17.6 Å². The molecule has 3 aromatic rings. The van der Waals surface area contributed by atoms with Crippen molar-refractivity contribution in [1.29, 1.82) is 0 Å². The topological polar surface area (TPSA) is 76.7 Å². The summed E-state index contributed by atoms with van der Waals surface area (Å²) >= 11 is 5.94. The molecule has 1 heterocycles. The number of benzene rings is 2. The average molecular weight is 415 g/mol. The van der Waals surface area contributed by atoms with Gasteiger partial charge in [0.1, 0.15) is 11.3 Å². The average Bonchev–Trinajstić information content (AvgIpc) is 2.99. The number of halogens is 1. The molecule has 0 amide bonds. The normalized spacial score (nSPS) is 11.7. The lowest BCUT2D eigenvalue weighted by atomic mass is 9.83. The van der Waals surface area contributed by atoms with Crippen LogP contribution in [0.25, 0.3) is 11.0 Å². The van der Waals surface area contributed by atoms with Gasteiger partial charge in [-0.05, 0) is 49.6 Å². The number of ketones is 1. The van der Waals surface area contributed by atoms with Crippen LogP contribution in [0, 0.1) is 6.92 Å². The van der Waals surface area contributed by atoms with Crippen LogP contribution < -0.4 is 0 Å². The van der Waals surface area contributed by atoms with Gasteiger partial charge in [-0.3, -0.25) is 4.79 Å². The molecule has 3 rings (SSSR count). The third-order valence-corrected chi connectivity index (χ3v) is 5.04.